The predicted molar refractivity (Wildman–Crippen MR) is 123 cm³/mol. The number of nitrogens with zero attached hydrogens (tertiary/aromatic N) is 3. The Kier molecular flexibility index (Phi) is 5.86. The standard InChI is InChI=1S/C22H19ClF3N5O2S/c1-31-4-2-11-7-16(15(23)6-12(11)10-31)29-21-28-9-14(22(24,25)26)18(30-21)17-8-13-19(32)27-3-5-33-20(13)34-17/h6-9H,2-5,10H2,1H3,(H,27,32)(H,28,29,30). The van der Waals surface area contributed by atoms with Gasteiger partial charge in [-0.25, -0.2) is 9.97 Å². The van der Waals surface area contributed by atoms with E-state index in [1.54, 1.807) is 0 Å². The van der Waals surface area contributed by atoms with Crippen LogP contribution in [0.25, 0.3) is 10.6 Å². The van der Waals surface area contributed by atoms with Crippen LogP contribution in [-0.2, 0) is 19.1 Å². The van der Waals surface area contributed by atoms with Crippen LogP contribution >= 0.6 is 22.9 Å². The predicted octanol–water partition coefficient (Wildman–Crippen LogP) is 4.73. The molecule has 0 radical (unpaired) electrons. The van der Waals surface area contributed by atoms with Crippen molar-refractivity contribution >= 4 is 40.5 Å². The third-order valence-electron chi connectivity index (χ3n) is 5.63. The number of hydrogen-bond donors (Lipinski definition) is 2. The third-order valence-corrected chi connectivity index (χ3v) is 7.00. The van der Waals surface area contributed by atoms with Crippen molar-refractivity contribution in [3.05, 3.63) is 51.7 Å². The molecule has 0 aliphatic carbocycles. The molecule has 2 aliphatic heterocycles. The Hall–Kier alpha value is -2.89. The van der Waals surface area contributed by atoms with Gasteiger partial charge in [0.15, 0.2) is 5.06 Å². The Morgan fingerprint density at radius 2 is 2.09 bits per heavy atom. The molecular formula is C22H19ClF3N5O2S. The monoisotopic (exact) mass is 509 g/mol. The fourth-order valence-corrected chi connectivity index (χ4v) is 5.20. The highest BCUT2D eigenvalue weighted by molar-refractivity contribution is 7.17. The highest BCUT2D eigenvalue weighted by Gasteiger charge is 2.37. The maximum atomic E-state index is 13.8. The molecule has 0 saturated heterocycles. The Morgan fingerprint density at radius 1 is 1.26 bits per heavy atom. The summed E-state index contributed by atoms with van der Waals surface area (Å²) < 4.78 is 46.8. The van der Waals surface area contributed by atoms with E-state index in [1.165, 1.54) is 6.07 Å². The van der Waals surface area contributed by atoms with Crippen LogP contribution in [0.1, 0.15) is 27.0 Å². The number of benzene rings is 1. The quantitative estimate of drug-likeness (QED) is 0.531. The molecule has 0 saturated carbocycles. The molecule has 7 nitrogen and oxygen atoms in total. The summed E-state index contributed by atoms with van der Waals surface area (Å²) in [5.74, 6) is -0.436. The molecule has 0 bridgehead atoms. The van der Waals surface area contributed by atoms with Crippen molar-refractivity contribution in [2.75, 3.05) is 32.1 Å². The summed E-state index contributed by atoms with van der Waals surface area (Å²) in [6.45, 7) is 2.22. The van der Waals surface area contributed by atoms with Gasteiger partial charge in [-0.15, -0.1) is 0 Å². The lowest BCUT2D eigenvalue weighted by Crippen LogP contribution is -2.26. The second-order valence-corrected chi connectivity index (χ2v) is 9.51. The van der Waals surface area contributed by atoms with Gasteiger partial charge in [0, 0.05) is 19.3 Å². The smallest absolute Gasteiger partial charge is 0.420 e. The van der Waals surface area contributed by atoms with Crippen LogP contribution < -0.4 is 15.4 Å². The first-order valence-corrected chi connectivity index (χ1v) is 11.6. The number of carbonyl (C=O) groups excluding carboxylic acids is 1. The molecular weight excluding hydrogens is 491 g/mol. The first-order chi connectivity index (χ1) is 16.2. The average Bonchev–Trinajstić information content (AvgIpc) is 3.13. The van der Waals surface area contributed by atoms with E-state index in [1.807, 2.05) is 19.2 Å². The molecule has 12 heteroatoms. The van der Waals surface area contributed by atoms with E-state index in [2.05, 4.69) is 25.5 Å². The number of alkyl halides is 3. The van der Waals surface area contributed by atoms with Gasteiger partial charge in [0.05, 0.1) is 33.4 Å². The number of aromatic nitrogens is 2. The number of ether oxygens (including phenoxy) is 1. The van der Waals surface area contributed by atoms with E-state index in [4.69, 9.17) is 16.3 Å². The Morgan fingerprint density at radius 3 is 2.88 bits per heavy atom. The number of carbonyl (C=O) groups is 1. The first-order valence-electron chi connectivity index (χ1n) is 10.5. The number of anilines is 2. The maximum absolute atomic E-state index is 13.8. The lowest BCUT2D eigenvalue weighted by atomic mass is 9.99. The van der Waals surface area contributed by atoms with Gasteiger partial charge in [-0.05, 0) is 42.8 Å². The normalized spacial score (nSPS) is 16.2. The highest BCUT2D eigenvalue weighted by atomic mass is 35.5. The molecule has 4 heterocycles. The van der Waals surface area contributed by atoms with Gasteiger partial charge >= 0.3 is 6.18 Å². The highest BCUT2D eigenvalue weighted by Crippen LogP contribution is 2.43. The van der Waals surface area contributed by atoms with Crippen molar-refractivity contribution in [2.45, 2.75) is 19.1 Å². The molecule has 34 heavy (non-hydrogen) atoms. The number of fused-ring (bicyclic) bond motifs is 2. The molecule has 2 aromatic heterocycles. The van der Waals surface area contributed by atoms with E-state index in [9.17, 15) is 18.0 Å². The van der Waals surface area contributed by atoms with Crippen LogP contribution in [-0.4, -0.2) is 47.5 Å². The van der Waals surface area contributed by atoms with Crippen LogP contribution in [0.3, 0.4) is 0 Å². The van der Waals surface area contributed by atoms with Crippen molar-refractivity contribution in [2.24, 2.45) is 0 Å². The largest absolute Gasteiger partial charge is 0.481 e. The van der Waals surface area contributed by atoms with Crippen molar-refractivity contribution in [1.29, 1.82) is 0 Å². The van der Waals surface area contributed by atoms with Crippen LogP contribution in [0.4, 0.5) is 24.8 Å². The van der Waals surface area contributed by atoms with Crippen molar-refractivity contribution in [3.63, 3.8) is 0 Å². The van der Waals surface area contributed by atoms with E-state index >= 15 is 0 Å². The molecule has 0 fully saturated rings. The molecule has 178 valence electrons. The molecule has 3 aromatic rings. The van der Waals surface area contributed by atoms with Crippen molar-refractivity contribution in [1.82, 2.24) is 20.2 Å². The molecule has 2 aliphatic rings. The second kappa shape index (κ2) is 8.71. The maximum Gasteiger partial charge on any atom is 0.420 e. The topological polar surface area (TPSA) is 79.4 Å². The zero-order valence-electron chi connectivity index (χ0n) is 17.9. The number of hydrogen-bond acceptors (Lipinski definition) is 7. The zero-order valence-corrected chi connectivity index (χ0v) is 19.5. The lowest BCUT2D eigenvalue weighted by molar-refractivity contribution is -0.137. The molecule has 1 aromatic carbocycles. The number of likely N-dealkylation sites (N-methyl/N-ethyl adjacent to an activating group) is 1. The summed E-state index contributed by atoms with van der Waals surface area (Å²) in [6, 6.07) is 5.10. The van der Waals surface area contributed by atoms with Gasteiger partial charge in [0.25, 0.3) is 5.91 Å². The van der Waals surface area contributed by atoms with Crippen molar-refractivity contribution < 1.29 is 22.7 Å². The van der Waals surface area contributed by atoms with Gasteiger partial charge in [-0.2, -0.15) is 13.2 Å². The van der Waals surface area contributed by atoms with Crippen LogP contribution in [0.2, 0.25) is 5.02 Å². The van der Waals surface area contributed by atoms with Gasteiger partial charge in [-0.3, -0.25) is 4.79 Å². The lowest BCUT2D eigenvalue weighted by Gasteiger charge is -2.26. The van der Waals surface area contributed by atoms with Gasteiger partial charge in [0.1, 0.15) is 12.2 Å². The summed E-state index contributed by atoms with van der Waals surface area (Å²) in [5.41, 5.74) is 1.57. The summed E-state index contributed by atoms with van der Waals surface area (Å²) in [5, 5.41) is 6.29. The van der Waals surface area contributed by atoms with Crippen LogP contribution in [0.5, 0.6) is 5.06 Å². The Bertz CT molecular complexity index is 1280. The van der Waals surface area contributed by atoms with Crippen LogP contribution in [0, 0.1) is 0 Å². The SMILES string of the molecule is CN1CCc2cc(Nc3ncc(C(F)(F)F)c(-c4cc5c(s4)OCCNC5=O)n3)c(Cl)cc2C1. The minimum absolute atomic E-state index is 0.0354. The summed E-state index contributed by atoms with van der Waals surface area (Å²) >= 11 is 7.39. The molecule has 0 atom stereocenters. The molecule has 1 amide bonds. The minimum atomic E-state index is -4.69. The molecule has 0 unspecified atom stereocenters. The number of thiophene rings is 1. The second-order valence-electron chi connectivity index (χ2n) is 8.08. The summed E-state index contributed by atoms with van der Waals surface area (Å²) in [6.07, 6.45) is -3.12. The van der Waals surface area contributed by atoms with Gasteiger partial charge in [-0.1, -0.05) is 22.9 Å². The molecule has 5 rings (SSSR count). The van der Waals surface area contributed by atoms with E-state index < -0.39 is 17.6 Å². The number of amides is 1. The Labute approximate surface area is 201 Å². The number of nitrogens with one attached hydrogen (secondary N) is 2. The van der Waals surface area contributed by atoms with E-state index in [-0.39, 0.29) is 33.8 Å². The number of rotatable bonds is 3. The molecule has 2 N–H and O–H groups in total. The number of halogens is 4. The van der Waals surface area contributed by atoms with Crippen LogP contribution in [0.15, 0.2) is 24.4 Å². The Balaban J connectivity index is 1.53. The van der Waals surface area contributed by atoms with E-state index in [0.717, 1.165) is 48.2 Å². The fraction of sp³-hybridized carbons (Fsp3) is 0.318. The fourth-order valence-electron chi connectivity index (χ4n) is 3.93. The molecule has 0 spiro atoms. The first kappa shape index (κ1) is 22.9. The minimum Gasteiger partial charge on any atom is -0.481 e. The third kappa shape index (κ3) is 4.42. The van der Waals surface area contributed by atoms with Crippen molar-refractivity contribution in [3.8, 4) is 15.6 Å². The summed E-state index contributed by atoms with van der Waals surface area (Å²) in [4.78, 5) is 22.6. The zero-order chi connectivity index (χ0) is 24.0. The summed E-state index contributed by atoms with van der Waals surface area (Å²) in [7, 11) is 2.03. The average molecular weight is 510 g/mol. The van der Waals surface area contributed by atoms with Gasteiger partial charge < -0.3 is 20.3 Å². The van der Waals surface area contributed by atoms with E-state index in [0.29, 0.717) is 17.3 Å². The van der Waals surface area contributed by atoms with Gasteiger partial charge in [0.2, 0.25) is 5.95 Å².